The molecule has 1 N–H and O–H groups in total. The predicted molar refractivity (Wildman–Crippen MR) is 78.4 cm³/mol. The van der Waals surface area contributed by atoms with Crippen molar-refractivity contribution >= 4 is 11.9 Å². The van der Waals surface area contributed by atoms with Gasteiger partial charge in [0.15, 0.2) is 6.61 Å². The van der Waals surface area contributed by atoms with E-state index >= 15 is 0 Å². The van der Waals surface area contributed by atoms with Crippen molar-refractivity contribution in [1.82, 2.24) is 4.90 Å². The number of benzene rings is 1. The molecule has 1 fully saturated rings. The molecule has 1 saturated heterocycles. The fourth-order valence-electron chi connectivity index (χ4n) is 2.60. The maximum atomic E-state index is 12.2. The van der Waals surface area contributed by atoms with Crippen LogP contribution in [0.1, 0.15) is 24.5 Å². The molecule has 1 atom stereocenters. The van der Waals surface area contributed by atoms with Crippen molar-refractivity contribution < 1.29 is 19.4 Å². The Morgan fingerprint density at radius 1 is 1.33 bits per heavy atom. The maximum absolute atomic E-state index is 12.2. The Labute approximate surface area is 124 Å². The summed E-state index contributed by atoms with van der Waals surface area (Å²) in [6.07, 6.45) is 0.484. The molecule has 21 heavy (non-hydrogen) atoms. The number of aryl methyl sites for hydroxylation is 2. The van der Waals surface area contributed by atoms with Crippen LogP contribution < -0.4 is 4.74 Å². The fourth-order valence-corrected chi connectivity index (χ4v) is 2.60. The minimum Gasteiger partial charge on any atom is -0.483 e. The smallest absolute Gasteiger partial charge is 0.311 e. The van der Waals surface area contributed by atoms with Crippen LogP contribution in [0.4, 0.5) is 0 Å². The van der Waals surface area contributed by atoms with E-state index in [2.05, 4.69) is 0 Å². The number of carbonyl (C=O) groups excluding carboxylic acids is 1. The van der Waals surface area contributed by atoms with Gasteiger partial charge in [-0.1, -0.05) is 18.2 Å². The van der Waals surface area contributed by atoms with Crippen LogP contribution >= 0.6 is 0 Å². The van der Waals surface area contributed by atoms with E-state index in [0.717, 1.165) is 16.9 Å². The van der Waals surface area contributed by atoms with Crippen LogP contribution in [0.15, 0.2) is 18.2 Å². The quantitative estimate of drug-likeness (QED) is 0.921. The highest BCUT2D eigenvalue weighted by Gasteiger charge is 2.42. The van der Waals surface area contributed by atoms with Gasteiger partial charge in [0.05, 0.1) is 5.41 Å². The summed E-state index contributed by atoms with van der Waals surface area (Å²) in [5, 5.41) is 9.18. The topological polar surface area (TPSA) is 66.8 Å². The van der Waals surface area contributed by atoms with Gasteiger partial charge in [-0.15, -0.1) is 0 Å². The van der Waals surface area contributed by atoms with E-state index in [9.17, 15) is 14.7 Å². The molecule has 0 aliphatic carbocycles. The minimum absolute atomic E-state index is 0.0542. The van der Waals surface area contributed by atoms with Crippen molar-refractivity contribution in [2.75, 3.05) is 19.7 Å². The van der Waals surface area contributed by atoms with Gasteiger partial charge in [0, 0.05) is 13.1 Å². The number of para-hydroxylation sites is 1. The number of rotatable bonds is 4. The summed E-state index contributed by atoms with van der Waals surface area (Å²) in [5.41, 5.74) is 1.13. The Hall–Kier alpha value is -2.04. The summed E-state index contributed by atoms with van der Waals surface area (Å²) >= 11 is 0. The lowest BCUT2D eigenvalue weighted by Crippen LogP contribution is -2.37. The highest BCUT2D eigenvalue weighted by atomic mass is 16.5. The number of likely N-dealkylation sites (tertiary alicyclic amines) is 1. The largest absolute Gasteiger partial charge is 0.483 e. The minimum atomic E-state index is -0.853. The predicted octanol–water partition coefficient (Wildman–Crippen LogP) is 2.01. The second-order valence-electron chi connectivity index (χ2n) is 5.94. The van der Waals surface area contributed by atoms with Crippen molar-refractivity contribution in [2.45, 2.75) is 27.2 Å². The van der Waals surface area contributed by atoms with Gasteiger partial charge in [-0.25, -0.2) is 0 Å². The highest BCUT2D eigenvalue weighted by molar-refractivity contribution is 5.81. The Morgan fingerprint density at radius 2 is 1.95 bits per heavy atom. The number of ether oxygens (including phenoxy) is 1. The van der Waals surface area contributed by atoms with Crippen molar-refractivity contribution in [3.05, 3.63) is 29.3 Å². The summed E-state index contributed by atoms with van der Waals surface area (Å²) < 4.78 is 5.63. The van der Waals surface area contributed by atoms with E-state index < -0.39 is 11.4 Å². The molecule has 0 bridgehead atoms. The van der Waals surface area contributed by atoms with E-state index in [1.54, 1.807) is 11.8 Å². The molecular weight excluding hydrogens is 270 g/mol. The molecule has 1 amide bonds. The SMILES string of the molecule is Cc1cccc(C)c1OCC(=O)N1CCC(C)(C(=O)O)C1. The molecule has 0 radical (unpaired) electrons. The number of hydrogen-bond donors (Lipinski definition) is 1. The zero-order valence-corrected chi connectivity index (χ0v) is 12.7. The zero-order valence-electron chi connectivity index (χ0n) is 12.7. The van der Waals surface area contributed by atoms with Crippen LogP contribution in [-0.4, -0.2) is 41.6 Å². The lowest BCUT2D eigenvalue weighted by molar-refractivity contribution is -0.147. The van der Waals surface area contributed by atoms with Crippen LogP contribution in [0.25, 0.3) is 0 Å². The first kappa shape index (κ1) is 15.4. The molecule has 1 aromatic carbocycles. The molecule has 1 unspecified atom stereocenters. The molecule has 2 rings (SSSR count). The zero-order chi connectivity index (χ0) is 15.6. The average Bonchev–Trinajstić information content (AvgIpc) is 2.82. The molecule has 1 heterocycles. The first-order valence-electron chi connectivity index (χ1n) is 7.04. The number of carboxylic acid groups (broad SMARTS) is 1. The van der Waals surface area contributed by atoms with Gasteiger partial charge in [-0.05, 0) is 38.3 Å². The van der Waals surface area contributed by atoms with Gasteiger partial charge in [0.1, 0.15) is 5.75 Å². The van der Waals surface area contributed by atoms with Gasteiger partial charge < -0.3 is 14.7 Å². The third-order valence-corrected chi connectivity index (χ3v) is 4.09. The van der Waals surface area contributed by atoms with Gasteiger partial charge >= 0.3 is 5.97 Å². The molecule has 1 aliphatic heterocycles. The van der Waals surface area contributed by atoms with E-state index in [0.29, 0.717) is 13.0 Å². The normalized spacial score (nSPS) is 21.4. The average molecular weight is 291 g/mol. The van der Waals surface area contributed by atoms with Crippen LogP contribution in [0.2, 0.25) is 0 Å². The Morgan fingerprint density at radius 3 is 2.48 bits per heavy atom. The molecule has 1 aromatic rings. The van der Waals surface area contributed by atoms with Crippen LogP contribution in [0, 0.1) is 19.3 Å². The second-order valence-corrected chi connectivity index (χ2v) is 5.94. The lowest BCUT2D eigenvalue weighted by Gasteiger charge is -2.20. The number of carbonyl (C=O) groups is 2. The number of amides is 1. The Balaban J connectivity index is 1.96. The van der Waals surface area contributed by atoms with Crippen molar-refractivity contribution in [1.29, 1.82) is 0 Å². The van der Waals surface area contributed by atoms with Gasteiger partial charge in [0.25, 0.3) is 5.91 Å². The second kappa shape index (κ2) is 5.76. The number of carboxylic acids is 1. The first-order valence-corrected chi connectivity index (χ1v) is 7.04. The fraction of sp³-hybridized carbons (Fsp3) is 0.500. The number of aliphatic carboxylic acids is 1. The number of nitrogens with zero attached hydrogens (tertiary/aromatic N) is 1. The van der Waals surface area contributed by atoms with Crippen LogP contribution in [-0.2, 0) is 9.59 Å². The summed E-state index contributed by atoms with van der Waals surface area (Å²) in [5.74, 6) is -0.290. The first-order chi connectivity index (χ1) is 9.83. The Kier molecular flexibility index (Phi) is 4.21. The van der Waals surface area contributed by atoms with Gasteiger partial charge in [0.2, 0.25) is 0 Å². The number of hydrogen-bond acceptors (Lipinski definition) is 3. The molecule has 0 aromatic heterocycles. The summed E-state index contributed by atoms with van der Waals surface area (Å²) in [6, 6.07) is 5.81. The maximum Gasteiger partial charge on any atom is 0.311 e. The van der Waals surface area contributed by atoms with E-state index in [-0.39, 0.29) is 19.1 Å². The summed E-state index contributed by atoms with van der Waals surface area (Å²) in [6.45, 7) is 6.21. The van der Waals surface area contributed by atoms with Gasteiger partial charge in [-0.3, -0.25) is 9.59 Å². The molecule has 5 nitrogen and oxygen atoms in total. The molecule has 114 valence electrons. The van der Waals surface area contributed by atoms with E-state index in [4.69, 9.17) is 4.74 Å². The Bertz CT molecular complexity index is 549. The lowest BCUT2D eigenvalue weighted by atomic mass is 9.90. The summed E-state index contributed by atoms with van der Waals surface area (Å²) in [4.78, 5) is 24.9. The van der Waals surface area contributed by atoms with Crippen molar-refractivity contribution in [3.8, 4) is 5.75 Å². The third-order valence-electron chi connectivity index (χ3n) is 4.09. The van der Waals surface area contributed by atoms with E-state index in [1.807, 2.05) is 32.0 Å². The van der Waals surface area contributed by atoms with Crippen molar-refractivity contribution in [2.24, 2.45) is 5.41 Å². The van der Waals surface area contributed by atoms with Crippen molar-refractivity contribution in [3.63, 3.8) is 0 Å². The molecule has 0 saturated carbocycles. The molecule has 1 aliphatic rings. The molecule has 0 spiro atoms. The molecular formula is C16H21NO4. The van der Waals surface area contributed by atoms with E-state index in [1.165, 1.54) is 0 Å². The standard InChI is InChI=1S/C16H21NO4/c1-11-5-4-6-12(2)14(11)21-9-13(18)17-8-7-16(3,10-17)15(19)20/h4-6H,7-10H2,1-3H3,(H,19,20). The van der Waals surface area contributed by atoms with Crippen LogP contribution in [0.3, 0.4) is 0 Å². The van der Waals surface area contributed by atoms with Crippen LogP contribution in [0.5, 0.6) is 5.75 Å². The molecule has 5 heteroatoms. The van der Waals surface area contributed by atoms with Gasteiger partial charge in [-0.2, -0.15) is 0 Å². The third kappa shape index (κ3) is 3.17. The summed E-state index contributed by atoms with van der Waals surface area (Å²) in [7, 11) is 0. The monoisotopic (exact) mass is 291 g/mol. The highest BCUT2D eigenvalue weighted by Crippen LogP contribution is 2.30.